The quantitative estimate of drug-likeness (QED) is 0.374. The summed E-state index contributed by atoms with van der Waals surface area (Å²) in [7, 11) is 0. The molecule has 0 atom stereocenters. The Labute approximate surface area is 197 Å². The Morgan fingerprint density at radius 2 is 1.66 bits per heavy atom. The minimum Gasteiger partial charge on any atom is -0.321 e. The molecule has 3 aromatic heterocycles. The van der Waals surface area contributed by atoms with Crippen molar-refractivity contribution in [3.05, 3.63) is 96.1 Å². The molecule has 7 nitrogen and oxygen atoms in total. The minimum atomic E-state index is -4.46. The molecule has 0 aliphatic heterocycles. The number of alkyl halides is 3. The fourth-order valence-electron chi connectivity index (χ4n) is 3.58. The van der Waals surface area contributed by atoms with Crippen LogP contribution in [0.1, 0.15) is 21.7 Å². The van der Waals surface area contributed by atoms with Crippen molar-refractivity contribution >= 4 is 22.6 Å². The third-order valence-electron chi connectivity index (χ3n) is 5.27. The summed E-state index contributed by atoms with van der Waals surface area (Å²) in [5.41, 5.74) is 2.98. The maximum Gasteiger partial charge on any atom is 0.416 e. The zero-order chi connectivity index (χ0) is 24.6. The fourth-order valence-corrected chi connectivity index (χ4v) is 3.58. The number of amides is 1. The highest BCUT2D eigenvalue weighted by atomic mass is 19.4. The summed E-state index contributed by atoms with van der Waals surface area (Å²) in [6.45, 7) is 1.84. The smallest absolute Gasteiger partial charge is 0.321 e. The van der Waals surface area contributed by atoms with Gasteiger partial charge in [0.15, 0.2) is 11.5 Å². The molecular weight excluding hydrogens is 457 g/mol. The lowest BCUT2D eigenvalue weighted by Gasteiger charge is -2.08. The molecule has 1 N–H and O–H groups in total. The average Bonchev–Trinajstić information content (AvgIpc) is 3.29. The van der Waals surface area contributed by atoms with Gasteiger partial charge in [0.25, 0.3) is 5.91 Å². The molecule has 10 heteroatoms. The summed E-state index contributed by atoms with van der Waals surface area (Å²) in [6.07, 6.45) is -1.26. The molecule has 0 saturated heterocycles. The van der Waals surface area contributed by atoms with E-state index in [4.69, 9.17) is 0 Å². The van der Waals surface area contributed by atoms with Gasteiger partial charge in [0.2, 0.25) is 0 Å². The van der Waals surface area contributed by atoms with Crippen LogP contribution in [0.25, 0.3) is 28.1 Å². The van der Waals surface area contributed by atoms with Gasteiger partial charge in [0.1, 0.15) is 0 Å². The van der Waals surface area contributed by atoms with Gasteiger partial charge in [-0.2, -0.15) is 18.3 Å². The van der Waals surface area contributed by atoms with Gasteiger partial charge in [-0.15, -0.1) is 0 Å². The van der Waals surface area contributed by atoms with Crippen molar-refractivity contribution in [3.63, 3.8) is 0 Å². The first-order chi connectivity index (χ1) is 16.8. The first-order valence-electron chi connectivity index (χ1n) is 10.5. The maximum atomic E-state index is 13.0. The molecule has 3 heterocycles. The van der Waals surface area contributed by atoms with Crippen LogP contribution >= 0.6 is 0 Å². The number of carbonyl (C=O) groups excluding carboxylic acids is 1. The third kappa shape index (κ3) is 4.58. The summed E-state index contributed by atoms with van der Waals surface area (Å²) in [5, 5.41) is 7.05. The SMILES string of the molecule is Cc1cccc(-n2nc(C(=O)Nc3ccc(C(F)(F)F)cc3)cc2-c2ccc3nccnc3c2)n1. The van der Waals surface area contributed by atoms with Gasteiger partial charge < -0.3 is 5.32 Å². The van der Waals surface area contributed by atoms with Gasteiger partial charge in [-0.05, 0) is 61.5 Å². The molecule has 5 aromatic rings. The Kier molecular flexibility index (Phi) is 5.48. The number of rotatable bonds is 4. The zero-order valence-corrected chi connectivity index (χ0v) is 18.3. The highest BCUT2D eigenvalue weighted by Gasteiger charge is 2.30. The molecule has 0 spiro atoms. The number of nitrogens with zero attached hydrogens (tertiary/aromatic N) is 5. The lowest BCUT2D eigenvalue weighted by atomic mass is 10.1. The number of nitrogens with one attached hydrogen (secondary N) is 1. The zero-order valence-electron chi connectivity index (χ0n) is 18.3. The Bertz CT molecular complexity index is 1540. The number of carbonyl (C=O) groups is 1. The summed E-state index contributed by atoms with van der Waals surface area (Å²) in [6, 6.07) is 16.8. The van der Waals surface area contributed by atoms with Crippen LogP contribution in [0.4, 0.5) is 18.9 Å². The molecule has 0 unspecified atom stereocenters. The monoisotopic (exact) mass is 474 g/mol. The van der Waals surface area contributed by atoms with Crippen molar-refractivity contribution in [2.24, 2.45) is 0 Å². The fraction of sp³-hybridized carbons (Fsp3) is 0.0800. The summed E-state index contributed by atoms with van der Waals surface area (Å²) >= 11 is 0. The number of fused-ring (bicyclic) bond motifs is 1. The predicted octanol–water partition coefficient (Wildman–Crippen LogP) is 5.46. The lowest BCUT2D eigenvalue weighted by molar-refractivity contribution is -0.137. The van der Waals surface area contributed by atoms with Crippen LogP contribution in [0, 0.1) is 6.92 Å². The standard InChI is InChI=1S/C25H17F3N6O/c1-15-3-2-4-23(31-15)34-22(16-5-10-19-20(13-16)30-12-11-29-19)14-21(33-34)24(35)32-18-8-6-17(7-9-18)25(26,27)28/h2-14H,1H3,(H,32,35). The number of pyridine rings is 1. The van der Waals surface area contributed by atoms with Crippen LogP contribution in [0.3, 0.4) is 0 Å². The highest BCUT2D eigenvalue weighted by molar-refractivity contribution is 6.03. The van der Waals surface area contributed by atoms with Crippen molar-refractivity contribution in [1.29, 1.82) is 0 Å². The van der Waals surface area contributed by atoms with E-state index in [0.29, 0.717) is 17.0 Å². The Morgan fingerprint density at radius 3 is 2.37 bits per heavy atom. The number of aryl methyl sites for hydroxylation is 1. The van der Waals surface area contributed by atoms with E-state index in [1.165, 1.54) is 12.1 Å². The Hall–Kier alpha value is -4.60. The Balaban J connectivity index is 1.53. The average molecular weight is 474 g/mol. The van der Waals surface area contributed by atoms with Crippen LogP contribution in [0.15, 0.2) is 79.1 Å². The van der Waals surface area contributed by atoms with Gasteiger partial charge in [-0.25, -0.2) is 9.67 Å². The minimum absolute atomic E-state index is 0.0717. The van der Waals surface area contributed by atoms with Gasteiger partial charge in [0, 0.05) is 29.3 Å². The highest BCUT2D eigenvalue weighted by Crippen LogP contribution is 2.30. The predicted molar refractivity (Wildman–Crippen MR) is 124 cm³/mol. The third-order valence-corrected chi connectivity index (χ3v) is 5.27. The van der Waals surface area contributed by atoms with Crippen molar-refractivity contribution in [2.45, 2.75) is 13.1 Å². The molecule has 0 aliphatic rings. The van der Waals surface area contributed by atoms with E-state index in [2.05, 4.69) is 25.4 Å². The van der Waals surface area contributed by atoms with Crippen LogP contribution in [-0.4, -0.2) is 30.6 Å². The summed E-state index contributed by atoms with van der Waals surface area (Å²) < 4.78 is 40.0. The van der Waals surface area contributed by atoms with E-state index in [0.717, 1.165) is 28.9 Å². The van der Waals surface area contributed by atoms with Crippen LogP contribution < -0.4 is 5.32 Å². The van der Waals surface area contributed by atoms with Gasteiger partial charge in [0.05, 0.1) is 22.3 Å². The van der Waals surface area contributed by atoms with E-state index in [1.54, 1.807) is 29.2 Å². The summed E-state index contributed by atoms with van der Waals surface area (Å²) in [5.74, 6) is -0.0641. The number of aromatic nitrogens is 5. The molecule has 1 amide bonds. The molecule has 0 radical (unpaired) electrons. The van der Waals surface area contributed by atoms with Crippen molar-refractivity contribution in [3.8, 4) is 17.1 Å². The van der Waals surface area contributed by atoms with E-state index in [9.17, 15) is 18.0 Å². The number of benzene rings is 2. The van der Waals surface area contributed by atoms with Crippen molar-refractivity contribution in [2.75, 3.05) is 5.32 Å². The maximum absolute atomic E-state index is 13.0. The molecule has 174 valence electrons. The van der Waals surface area contributed by atoms with Gasteiger partial charge in [-0.1, -0.05) is 12.1 Å². The molecule has 0 fully saturated rings. The van der Waals surface area contributed by atoms with Crippen LogP contribution in [0.5, 0.6) is 0 Å². The topological polar surface area (TPSA) is 85.6 Å². The first kappa shape index (κ1) is 22.2. The molecule has 2 aromatic carbocycles. The molecular formula is C25H17F3N6O. The second-order valence-corrected chi connectivity index (χ2v) is 7.75. The number of hydrogen-bond acceptors (Lipinski definition) is 5. The Morgan fingerprint density at radius 1 is 0.914 bits per heavy atom. The van der Waals surface area contributed by atoms with E-state index in [1.807, 2.05) is 37.3 Å². The number of halogens is 3. The van der Waals surface area contributed by atoms with E-state index in [-0.39, 0.29) is 11.4 Å². The number of anilines is 1. The largest absolute Gasteiger partial charge is 0.416 e. The second kappa shape index (κ2) is 8.64. The molecule has 0 saturated carbocycles. The van der Waals surface area contributed by atoms with E-state index >= 15 is 0 Å². The lowest BCUT2D eigenvalue weighted by Crippen LogP contribution is -2.14. The summed E-state index contributed by atoms with van der Waals surface area (Å²) in [4.78, 5) is 26.1. The van der Waals surface area contributed by atoms with E-state index < -0.39 is 17.6 Å². The van der Waals surface area contributed by atoms with Crippen molar-refractivity contribution < 1.29 is 18.0 Å². The molecule has 0 bridgehead atoms. The van der Waals surface area contributed by atoms with Crippen LogP contribution in [0.2, 0.25) is 0 Å². The molecule has 35 heavy (non-hydrogen) atoms. The van der Waals surface area contributed by atoms with Gasteiger partial charge in [-0.3, -0.25) is 14.8 Å². The molecule has 5 rings (SSSR count). The normalized spacial score (nSPS) is 11.5. The molecule has 0 aliphatic carbocycles. The first-order valence-corrected chi connectivity index (χ1v) is 10.5. The van der Waals surface area contributed by atoms with Gasteiger partial charge >= 0.3 is 6.18 Å². The number of hydrogen-bond donors (Lipinski definition) is 1. The van der Waals surface area contributed by atoms with Crippen LogP contribution in [-0.2, 0) is 6.18 Å². The van der Waals surface area contributed by atoms with Crippen molar-refractivity contribution in [1.82, 2.24) is 24.7 Å². The second-order valence-electron chi connectivity index (χ2n) is 7.75.